The van der Waals surface area contributed by atoms with Crippen LogP contribution in [0.5, 0.6) is 0 Å². The van der Waals surface area contributed by atoms with Crippen molar-refractivity contribution < 1.29 is 80.2 Å². The van der Waals surface area contributed by atoms with Crippen molar-refractivity contribution in [1.29, 1.82) is 0 Å². The Bertz CT molecular complexity index is 1700. The lowest BCUT2D eigenvalue weighted by atomic mass is 10.0. The maximum Gasteiger partial charge on any atom is 0.472 e. The summed E-state index contributed by atoms with van der Waals surface area (Å²) in [6, 6.07) is 0. The van der Waals surface area contributed by atoms with Crippen molar-refractivity contribution >= 4 is 39.5 Å². The molecule has 0 radical (unpaired) electrons. The summed E-state index contributed by atoms with van der Waals surface area (Å²) in [6.45, 7) is 9.49. The number of unbranched alkanes of at least 4 members (excludes halogenated alkanes) is 37. The van der Waals surface area contributed by atoms with Crippen LogP contribution in [-0.2, 0) is 65.4 Å². The second kappa shape index (κ2) is 60.3. The zero-order valence-electron chi connectivity index (χ0n) is 56.3. The second-order valence-corrected chi connectivity index (χ2v) is 28.4. The van der Waals surface area contributed by atoms with Gasteiger partial charge in [0.1, 0.15) is 19.3 Å². The number of aliphatic hydroxyl groups is 1. The maximum atomic E-state index is 13.0. The third-order valence-electron chi connectivity index (χ3n) is 15.7. The van der Waals surface area contributed by atoms with Gasteiger partial charge < -0.3 is 33.8 Å². The summed E-state index contributed by atoms with van der Waals surface area (Å²) in [5, 5.41) is 10.5. The molecule has 0 heterocycles. The van der Waals surface area contributed by atoms with E-state index in [1.165, 1.54) is 141 Å². The second-order valence-electron chi connectivity index (χ2n) is 25.5. The van der Waals surface area contributed by atoms with Gasteiger partial charge in [0.05, 0.1) is 26.4 Å². The SMILES string of the molecule is CCCCCCCCCCC(=O)O[C@H](COC(=O)CCCCCCCCC)COP(=O)(O)OC[C@H](O)COP(=O)(O)OC[C@@H](COC(=O)CCCCCCCCCCCCC(C)C)OC(=O)CCCCCCCCCCCCCCCCCCC(C)C. The summed E-state index contributed by atoms with van der Waals surface area (Å²) in [5.74, 6) is -0.567. The van der Waals surface area contributed by atoms with E-state index in [2.05, 4.69) is 41.5 Å². The van der Waals surface area contributed by atoms with E-state index in [4.69, 9.17) is 37.0 Å². The van der Waals surface area contributed by atoms with Gasteiger partial charge in [0.2, 0.25) is 0 Å². The Balaban J connectivity index is 5.16. The predicted molar refractivity (Wildman–Crippen MR) is 349 cm³/mol. The molecule has 17 nitrogen and oxygen atoms in total. The Kier molecular flexibility index (Phi) is 59.0. The van der Waals surface area contributed by atoms with E-state index in [-0.39, 0.29) is 25.7 Å². The predicted octanol–water partition coefficient (Wildman–Crippen LogP) is 19.2. The highest BCUT2D eigenvalue weighted by Crippen LogP contribution is 2.45. The molecular weight excluding hydrogens is 1150 g/mol. The molecule has 0 rings (SSSR count). The van der Waals surface area contributed by atoms with E-state index in [9.17, 15) is 43.2 Å². The molecule has 0 aromatic heterocycles. The van der Waals surface area contributed by atoms with Gasteiger partial charge in [-0.05, 0) is 37.5 Å². The molecule has 3 N–H and O–H groups in total. The Labute approximate surface area is 530 Å². The normalized spacial score (nSPS) is 14.2. The number of carbonyl (C=O) groups is 4. The fraction of sp³-hybridized carbons (Fsp3) is 0.941. The van der Waals surface area contributed by atoms with E-state index >= 15 is 0 Å². The largest absolute Gasteiger partial charge is 0.472 e. The molecule has 0 saturated carbocycles. The number of ether oxygens (including phenoxy) is 4. The smallest absolute Gasteiger partial charge is 0.462 e. The molecule has 5 atom stereocenters. The zero-order valence-corrected chi connectivity index (χ0v) is 58.1. The summed E-state index contributed by atoms with van der Waals surface area (Å²) in [7, 11) is -9.89. The number of esters is 4. The fourth-order valence-electron chi connectivity index (χ4n) is 10.2. The number of rotatable bonds is 67. The third-order valence-corrected chi connectivity index (χ3v) is 17.6. The zero-order chi connectivity index (χ0) is 64.3. The van der Waals surface area contributed by atoms with Crippen LogP contribution in [0.2, 0.25) is 0 Å². The lowest BCUT2D eigenvalue weighted by molar-refractivity contribution is -0.161. The average Bonchev–Trinajstić information content (AvgIpc) is 3.68. The topological polar surface area (TPSA) is 237 Å². The van der Waals surface area contributed by atoms with E-state index in [1.807, 2.05) is 0 Å². The van der Waals surface area contributed by atoms with Crippen molar-refractivity contribution in [2.24, 2.45) is 11.8 Å². The highest BCUT2D eigenvalue weighted by molar-refractivity contribution is 7.47. The molecule has 0 fully saturated rings. The number of phosphoric ester groups is 2. The number of hydrogen-bond acceptors (Lipinski definition) is 15. The minimum absolute atomic E-state index is 0.104. The quantitative estimate of drug-likeness (QED) is 0.0222. The van der Waals surface area contributed by atoms with Crippen LogP contribution in [-0.4, -0.2) is 96.7 Å². The monoisotopic (exact) mass is 1280 g/mol. The van der Waals surface area contributed by atoms with E-state index in [0.717, 1.165) is 121 Å². The minimum atomic E-state index is -4.95. The van der Waals surface area contributed by atoms with Gasteiger partial charge in [0.25, 0.3) is 0 Å². The van der Waals surface area contributed by atoms with Crippen molar-refractivity contribution in [3.8, 4) is 0 Å². The molecule has 516 valence electrons. The Hall–Kier alpha value is -1.94. The van der Waals surface area contributed by atoms with Crippen LogP contribution in [0.3, 0.4) is 0 Å². The van der Waals surface area contributed by atoms with E-state index in [1.54, 1.807) is 0 Å². The summed E-state index contributed by atoms with van der Waals surface area (Å²) in [5.41, 5.74) is 0. The Morgan fingerprint density at radius 1 is 0.310 bits per heavy atom. The first-order valence-corrected chi connectivity index (χ1v) is 38.5. The molecule has 0 aliphatic heterocycles. The lowest BCUT2D eigenvalue weighted by Crippen LogP contribution is -2.30. The molecular formula is C68H132O17P2. The van der Waals surface area contributed by atoms with Crippen LogP contribution >= 0.6 is 15.6 Å². The van der Waals surface area contributed by atoms with E-state index < -0.39 is 97.5 Å². The van der Waals surface area contributed by atoms with Crippen molar-refractivity contribution in [3.63, 3.8) is 0 Å². The van der Waals surface area contributed by atoms with Gasteiger partial charge in [-0.3, -0.25) is 37.3 Å². The molecule has 87 heavy (non-hydrogen) atoms. The molecule has 0 spiro atoms. The first kappa shape index (κ1) is 85.1. The standard InChI is InChI=1S/C68H132O17P2/c1-7-9-11-13-15-33-40-46-52-67(72)84-63(56-78-65(70)50-44-38-30-14-12-10-8-2)58-82-86(74,75)80-54-62(69)55-81-87(76,77)83-59-64(57-79-66(71)51-45-39-34-28-25-24-27-32-37-43-49-61(5)6)85-68(73)53-47-41-35-29-23-21-19-17-16-18-20-22-26-31-36-42-48-60(3)4/h60-64,69H,7-59H2,1-6H3,(H,74,75)(H,76,77)/t62-,63+,64+/m0/s1. The van der Waals surface area contributed by atoms with Crippen LogP contribution in [0, 0.1) is 11.8 Å². The third kappa shape index (κ3) is 62.6. The van der Waals surface area contributed by atoms with Crippen LogP contribution in [0.1, 0.15) is 343 Å². The molecule has 0 saturated heterocycles. The molecule has 2 unspecified atom stereocenters. The minimum Gasteiger partial charge on any atom is -0.462 e. The van der Waals surface area contributed by atoms with Crippen molar-refractivity contribution in [1.82, 2.24) is 0 Å². The molecule has 0 aliphatic carbocycles. The fourth-order valence-corrected chi connectivity index (χ4v) is 11.8. The number of aliphatic hydroxyl groups excluding tert-OH is 1. The highest BCUT2D eigenvalue weighted by atomic mass is 31.2. The van der Waals surface area contributed by atoms with Crippen LogP contribution < -0.4 is 0 Å². The van der Waals surface area contributed by atoms with Gasteiger partial charge in [-0.25, -0.2) is 9.13 Å². The average molecular weight is 1280 g/mol. The summed E-state index contributed by atoms with van der Waals surface area (Å²) < 4.78 is 68.0. The van der Waals surface area contributed by atoms with E-state index in [0.29, 0.717) is 25.7 Å². The number of hydrogen-bond donors (Lipinski definition) is 3. The number of phosphoric acid groups is 2. The molecule has 0 aromatic carbocycles. The molecule has 0 bridgehead atoms. The van der Waals surface area contributed by atoms with Gasteiger partial charge >= 0.3 is 39.5 Å². The first-order valence-electron chi connectivity index (χ1n) is 35.5. The van der Waals surface area contributed by atoms with Gasteiger partial charge in [-0.2, -0.15) is 0 Å². The van der Waals surface area contributed by atoms with Crippen LogP contribution in [0.25, 0.3) is 0 Å². The Morgan fingerprint density at radius 3 is 0.782 bits per heavy atom. The highest BCUT2D eigenvalue weighted by Gasteiger charge is 2.30. The maximum absolute atomic E-state index is 13.0. The van der Waals surface area contributed by atoms with Gasteiger partial charge in [0.15, 0.2) is 12.2 Å². The van der Waals surface area contributed by atoms with Gasteiger partial charge in [0, 0.05) is 25.7 Å². The molecule has 0 aliphatic rings. The number of carbonyl (C=O) groups excluding carboxylic acids is 4. The van der Waals surface area contributed by atoms with Gasteiger partial charge in [-0.15, -0.1) is 0 Å². The molecule has 0 aromatic rings. The van der Waals surface area contributed by atoms with Crippen molar-refractivity contribution in [2.75, 3.05) is 39.6 Å². The van der Waals surface area contributed by atoms with Gasteiger partial charge in [-0.1, -0.05) is 292 Å². The first-order chi connectivity index (χ1) is 41.9. The van der Waals surface area contributed by atoms with Crippen molar-refractivity contribution in [2.45, 2.75) is 362 Å². The van der Waals surface area contributed by atoms with Crippen LogP contribution in [0.15, 0.2) is 0 Å². The molecule has 0 amide bonds. The molecule has 19 heteroatoms. The summed E-state index contributed by atoms with van der Waals surface area (Å²) in [6.07, 6.45) is 44.7. The van der Waals surface area contributed by atoms with Crippen molar-refractivity contribution in [3.05, 3.63) is 0 Å². The van der Waals surface area contributed by atoms with Crippen LogP contribution in [0.4, 0.5) is 0 Å². The lowest BCUT2D eigenvalue weighted by Gasteiger charge is -2.21. The summed E-state index contributed by atoms with van der Waals surface area (Å²) in [4.78, 5) is 72.2. The Morgan fingerprint density at radius 2 is 0.529 bits per heavy atom. The summed E-state index contributed by atoms with van der Waals surface area (Å²) >= 11 is 0.